The van der Waals surface area contributed by atoms with E-state index in [-0.39, 0.29) is 12.0 Å². The van der Waals surface area contributed by atoms with Crippen LogP contribution in [-0.2, 0) is 20.8 Å². The molecule has 1 amide bonds. The van der Waals surface area contributed by atoms with Crippen molar-refractivity contribution in [3.63, 3.8) is 0 Å². The van der Waals surface area contributed by atoms with E-state index in [0.717, 1.165) is 25.0 Å². The van der Waals surface area contributed by atoms with E-state index in [4.69, 9.17) is 9.57 Å². The van der Waals surface area contributed by atoms with Gasteiger partial charge in [-0.15, -0.1) is 0 Å². The van der Waals surface area contributed by atoms with Crippen molar-refractivity contribution in [1.82, 2.24) is 5.48 Å². The number of carbonyl (C=O) groups is 1. The number of halogens is 2. The van der Waals surface area contributed by atoms with Crippen LogP contribution in [0, 0.1) is 11.6 Å². The molecule has 1 aliphatic heterocycles. The molecule has 0 bridgehead atoms. The van der Waals surface area contributed by atoms with Crippen molar-refractivity contribution < 1.29 is 23.1 Å². The van der Waals surface area contributed by atoms with Crippen molar-refractivity contribution in [2.45, 2.75) is 32.0 Å². The quantitative estimate of drug-likeness (QED) is 0.853. The summed E-state index contributed by atoms with van der Waals surface area (Å²) in [6, 6.07) is 3.09. The summed E-state index contributed by atoms with van der Waals surface area (Å²) >= 11 is 0. The Labute approximate surface area is 109 Å². The molecule has 6 heteroatoms. The van der Waals surface area contributed by atoms with Gasteiger partial charge < -0.3 is 4.74 Å². The third kappa shape index (κ3) is 4.25. The summed E-state index contributed by atoms with van der Waals surface area (Å²) in [5.41, 5.74) is 2.34. The number of hydrogen-bond acceptors (Lipinski definition) is 3. The molecule has 1 atom stereocenters. The van der Waals surface area contributed by atoms with Crippen LogP contribution in [0.25, 0.3) is 0 Å². The van der Waals surface area contributed by atoms with Crippen LogP contribution in [0.2, 0.25) is 0 Å². The van der Waals surface area contributed by atoms with Crippen molar-refractivity contribution in [1.29, 1.82) is 0 Å². The molecule has 19 heavy (non-hydrogen) atoms. The standard InChI is InChI=1S/C13H15F2NO3/c14-10-5-4-9(11(15)8-10)7-12(17)16-19-13-3-1-2-6-18-13/h4-5,8,13H,1-3,6-7H2,(H,16,17). The third-order valence-corrected chi connectivity index (χ3v) is 2.81. The lowest BCUT2D eigenvalue weighted by Crippen LogP contribution is -2.34. The Kier molecular flexibility index (Phi) is 4.81. The zero-order valence-electron chi connectivity index (χ0n) is 10.3. The fourth-order valence-corrected chi connectivity index (χ4v) is 1.81. The number of benzene rings is 1. The predicted octanol–water partition coefficient (Wildman–Crippen LogP) is 2.08. The fourth-order valence-electron chi connectivity index (χ4n) is 1.81. The molecule has 0 radical (unpaired) electrons. The van der Waals surface area contributed by atoms with E-state index in [1.165, 1.54) is 6.07 Å². The highest BCUT2D eigenvalue weighted by atomic mass is 19.1. The summed E-state index contributed by atoms with van der Waals surface area (Å²) in [6.45, 7) is 0.604. The summed E-state index contributed by atoms with van der Waals surface area (Å²) in [5, 5.41) is 0. The molecule has 104 valence electrons. The highest BCUT2D eigenvalue weighted by molar-refractivity contribution is 5.77. The van der Waals surface area contributed by atoms with E-state index < -0.39 is 23.8 Å². The zero-order valence-corrected chi connectivity index (χ0v) is 10.3. The summed E-state index contributed by atoms with van der Waals surface area (Å²) in [7, 11) is 0. The molecular formula is C13H15F2NO3. The van der Waals surface area contributed by atoms with E-state index in [1.807, 2.05) is 0 Å². The number of hydroxylamine groups is 1. The molecule has 4 nitrogen and oxygen atoms in total. The van der Waals surface area contributed by atoms with Gasteiger partial charge in [-0.2, -0.15) is 0 Å². The predicted molar refractivity (Wildman–Crippen MR) is 62.9 cm³/mol. The van der Waals surface area contributed by atoms with E-state index >= 15 is 0 Å². The Hall–Kier alpha value is -1.53. The number of carbonyl (C=O) groups excluding carboxylic acids is 1. The summed E-state index contributed by atoms with van der Waals surface area (Å²) < 4.78 is 31.3. The average Bonchev–Trinajstić information content (AvgIpc) is 2.41. The first-order valence-corrected chi connectivity index (χ1v) is 6.15. The molecule has 1 aromatic rings. The first kappa shape index (κ1) is 13.9. The summed E-state index contributed by atoms with van der Waals surface area (Å²) in [4.78, 5) is 16.6. The first-order valence-electron chi connectivity index (χ1n) is 6.15. The minimum Gasteiger partial charge on any atom is -0.350 e. The van der Waals surface area contributed by atoms with Gasteiger partial charge in [-0.25, -0.2) is 19.1 Å². The molecule has 0 spiro atoms. The second-order valence-corrected chi connectivity index (χ2v) is 4.35. The molecule has 1 unspecified atom stereocenters. The summed E-state index contributed by atoms with van der Waals surface area (Å²) in [6.07, 6.45) is 2.02. The van der Waals surface area contributed by atoms with Gasteiger partial charge in [-0.3, -0.25) is 4.79 Å². The van der Waals surface area contributed by atoms with E-state index in [2.05, 4.69) is 5.48 Å². The van der Waals surface area contributed by atoms with Crippen LogP contribution in [0.15, 0.2) is 18.2 Å². The normalized spacial score (nSPS) is 19.2. The zero-order chi connectivity index (χ0) is 13.7. The molecule has 2 rings (SSSR count). The lowest BCUT2D eigenvalue weighted by atomic mass is 10.1. The molecule has 1 aromatic carbocycles. The maximum absolute atomic E-state index is 13.3. The van der Waals surface area contributed by atoms with Crippen LogP contribution < -0.4 is 5.48 Å². The number of rotatable bonds is 4. The summed E-state index contributed by atoms with van der Waals surface area (Å²) in [5.74, 6) is -1.92. The van der Waals surface area contributed by atoms with Gasteiger partial charge in [0, 0.05) is 19.1 Å². The van der Waals surface area contributed by atoms with Gasteiger partial charge in [0.2, 0.25) is 5.91 Å². The Bertz CT molecular complexity index is 448. The molecule has 0 aliphatic carbocycles. The van der Waals surface area contributed by atoms with Gasteiger partial charge in [-0.1, -0.05) is 6.07 Å². The van der Waals surface area contributed by atoms with E-state index in [9.17, 15) is 13.6 Å². The fraction of sp³-hybridized carbons (Fsp3) is 0.462. The maximum atomic E-state index is 13.3. The van der Waals surface area contributed by atoms with Gasteiger partial charge in [0.15, 0.2) is 6.29 Å². The molecule has 1 fully saturated rings. The van der Waals surface area contributed by atoms with Gasteiger partial charge in [0.25, 0.3) is 0 Å². The number of amides is 1. The Balaban J connectivity index is 1.80. The van der Waals surface area contributed by atoms with Gasteiger partial charge in [-0.05, 0) is 24.5 Å². The molecule has 1 saturated heterocycles. The van der Waals surface area contributed by atoms with Crippen LogP contribution in [0.4, 0.5) is 8.78 Å². The van der Waals surface area contributed by atoms with Crippen molar-refractivity contribution in [3.05, 3.63) is 35.4 Å². The van der Waals surface area contributed by atoms with Crippen molar-refractivity contribution >= 4 is 5.91 Å². The molecule has 0 saturated carbocycles. The van der Waals surface area contributed by atoms with Crippen LogP contribution in [0.3, 0.4) is 0 Å². The van der Waals surface area contributed by atoms with Crippen molar-refractivity contribution in [3.8, 4) is 0 Å². The van der Waals surface area contributed by atoms with E-state index in [0.29, 0.717) is 13.0 Å². The average molecular weight is 271 g/mol. The van der Waals surface area contributed by atoms with Crippen LogP contribution in [0.1, 0.15) is 24.8 Å². The Morgan fingerprint density at radius 2 is 2.26 bits per heavy atom. The number of hydrogen-bond donors (Lipinski definition) is 1. The first-order chi connectivity index (χ1) is 9.15. The second-order valence-electron chi connectivity index (χ2n) is 4.35. The number of ether oxygens (including phenoxy) is 1. The Morgan fingerprint density at radius 3 is 2.95 bits per heavy atom. The highest BCUT2D eigenvalue weighted by Crippen LogP contribution is 2.13. The Morgan fingerprint density at radius 1 is 1.42 bits per heavy atom. The van der Waals surface area contributed by atoms with Crippen molar-refractivity contribution in [2.75, 3.05) is 6.61 Å². The van der Waals surface area contributed by atoms with Gasteiger partial charge >= 0.3 is 0 Å². The lowest BCUT2D eigenvalue weighted by molar-refractivity contribution is -0.200. The molecule has 1 N–H and O–H groups in total. The third-order valence-electron chi connectivity index (χ3n) is 2.81. The van der Waals surface area contributed by atoms with Crippen molar-refractivity contribution in [2.24, 2.45) is 0 Å². The topological polar surface area (TPSA) is 47.6 Å². The molecule has 1 heterocycles. The largest absolute Gasteiger partial charge is 0.350 e. The van der Waals surface area contributed by atoms with Crippen LogP contribution in [0.5, 0.6) is 0 Å². The van der Waals surface area contributed by atoms with Crippen LogP contribution in [-0.4, -0.2) is 18.8 Å². The van der Waals surface area contributed by atoms with Crippen LogP contribution >= 0.6 is 0 Å². The molecular weight excluding hydrogens is 256 g/mol. The lowest BCUT2D eigenvalue weighted by Gasteiger charge is -2.22. The van der Waals surface area contributed by atoms with E-state index in [1.54, 1.807) is 0 Å². The highest BCUT2D eigenvalue weighted by Gasteiger charge is 2.16. The monoisotopic (exact) mass is 271 g/mol. The minimum atomic E-state index is -0.746. The number of nitrogens with one attached hydrogen (secondary N) is 1. The minimum absolute atomic E-state index is 0.118. The maximum Gasteiger partial charge on any atom is 0.248 e. The van der Waals surface area contributed by atoms with Gasteiger partial charge in [0.05, 0.1) is 6.42 Å². The molecule has 1 aliphatic rings. The smallest absolute Gasteiger partial charge is 0.248 e. The molecule has 0 aromatic heterocycles. The van der Waals surface area contributed by atoms with Gasteiger partial charge in [0.1, 0.15) is 11.6 Å². The SMILES string of the molecule is O=C(Cc1ccc(F)cc1F)NOC1CCCCO1. The second kappa shape index (κ2) is 6.58.